The van der Waals surface area contributed by atoms with E-state index in [4.69, 9.17) is 9.47 Å². The SMILES string of the molecule is CCCCOc1ccc(/C=C2\Cc3ccccc3C2=O)cc1OC. The number of unbranched alkanes of at least 4 members (excludes halogenated alkanes) is 1. The van der Waals surface area contributed by atoms with E-state index in [1.165, 1.54) is 0 Å². The normalized spacial score (nSPS) is 14.8. The van der Waals surface area contributed by atoms with E-state index in [1.54, 1.807) is 7.11 Å². The summed E-state index contributed by atoms with van der Waals surface area (Å²) in [6.07, 6.45) is 4.74. The summed E-state index contributed by atoms with van der Waals surface area (Å²) in [5, 5.41) is 0. The number of benzene rings is 2. The lowest BCUT2D eigenvalue weighted by Crippen LogP contribution is -1.99. The molecule has 0 amide bonds. The molecular weight excluding hydrogens is 300 g/mol. The first-order valence-electron chi connectivity index (χ1n) is 8.37. The van der Waals surface area contributed by atoms with E-state index in [0.717, 1.165) is 40.9 Å². The van der Waals surface area contributed by atoms with Gasteiger partial charge >= 0.3 is 0 Å². The second kappa shape index (κ2) is 7.35. The van der Waals surface area contributed by atoms with Crippen molar-refractivity contribution in [2.24, 2.45) is 0 Å². The topological polar surface area (TPSA) is 35.5 Å². The Labute approximate surface area is 142 Å². The van der Waals surface area contributed by atoms with Crippen molar-refractivity contribution in [3.63, 3.8) is 0 Å². The molecule has 0 aliphatic heterocycles. The van der Waals surface area contributed by atoms with Gasteiger partial charge in [-0.2, -0.15) is 0 Å². The van der Waals surface area contributed by atoms with E-state index >= 15 is 0 Å². The van der Waals surface area contributed by atoms with Crippen molar-refractivity contribution < 1.29 is 14.3 Å². The first-order valence-corrected chi connectivity index (χ1v) is 8.37. The second-order valence-corrected chi connectivity index (χ2v) is 5.94. The fourth-order valence-electron chi connectivity index (χ4n) is 2.89. The van der Waals surface area contributed by atoms with Gasteiger partial charge in [0.05, 0.1) is 13.7 Å². The fraction of sp³-hybridized carbons (Fsp3) is 0.286. The van der Waals surface area contributed by atoms with Gasteiger partial charge in [0.2, 0.25) is 0 Å². The van der Waals surface area contributed by atoms with E-state index in [-0.39, 0.29) is 5.78 Å². The summed E-state index contributed by atoms with van der Waals surface area (Å²) in [6.45, 7) is 2.81. The maximum Gasteiger partial charge on any atom is 0.189 e. The second-order valence-electron chi connectivity index (χ2n) is 5.94. The standard InChI is InChI=1S/C21H22O3/c1-3-4-11-24-19-10-9-15(13-20(19)23-2)12-17-14-16-7-5-6-8-18(16)21(17)22/h5-10,12-13H,3-4,11,14H2,1-2H3/b17-12+. The lowest BCUT2D eigenvalue weighted by atomic mass is 10.1. The van der Waals surface area contributed by atoms with Crippen molar-refractivity contribution in [3.05, 3.63) is 64.7 Å². The monoisotopic (exact) mass is 322 g/mol. The number of carbonyl (C=O) groups is 1. The molecule has 0 N–H and O–H groups in total. The third-order valence-corrected chi connectivity index (χ3v) is 4.22. The zero-order chi connectivity index (χ0) is 16.9. The minimum atomic E-state index is 0.118. The Kier molecular flexibility index (Phi) is 4.99. The smallest absolute Gasteiger partial charge is 0.189 e. The van der Waals surface area contributed by atoms with E-state index in [2.05, 4.69) is 6.92 Å². The van der Waals surface area contributed by atoms with Crippen LogP contribution in [0.4, 0.5) is 0 Å². The highest BCUT2D eigenvalue weighted by Gasteiger charge is 2.23. The molecule has 3 heteroatoms. The summed E-state index contributed by atoms with van der Waals surface area (Å²) in [5.41, 5.74) is 3.68. The average molecular weight is 322 g/mol. The number of ether oxygens (including phenoxy) is 2. The maximum absolute atomic E-state index is 12.5. The van der Waals surface area contributed by atoms with Crippen LogP contribution >= 0.6 is 0 Å². The predicted molar refractivity (Wildman–Crippen MR) is 95.9 cm³/mol. The number of carbonyl (C=O) groups excluding carboxylic acids is 1. The van der Waals surface area contributed by atoms with Gasteiger partial charge in [-0.15, -0.1) is 0 Å². The van der Waals surface area contributed by atoms with Crippen LogP contribution in [0, 0.1) is 0 Å². The van der Waals surface area contributed by atoms with Crippen molar-refractivity contribution in [2.45, 2.75) is 26.2 Å². The van der Waals surface area contributed by atoms with Crippen LogP contribution in [0.15, 0.2) is 48.0 Å². The molecule has 0 atom stereocenters. The number of fused-ring (bicyclic) bond motifs is 1. The summed E-state index contributed by atoms with van der Waals surface area (Å²) in [5.74, 6) is 1.56. The fourth-order valence-corrected chi connectivity index (χ4v) is 2.89. The molecule has 0 radical (unpaired) electrons. The summed E-state index contributed by atoms with van der Waals surface area (Å²) in [4.78, 5) is 12.5. The van der Waals surface area contributed by atoms with Gasteiger partial charge in [-0.25, -0.2) is 0 Å². The van der Waals surface area contributed by atoms with Gasteiger partial charge < -0.3 is 9.47 Å². The van der Waals surface area contributed by atoms with E-state index in [9.17, 15) is 4.79 Å². The third kappa shape index (κ3) is 3.35. The Morgan fingerprint density at radius 3 is 2.71 bits per heavy atom. The van der Waals surface area contributed by atoms with Gasteiger partial charge in [-0.3, -0.25) is 4.79 Å². The van der Waals surface area contributed by atoms with Gasteiger partial charge in [0.15, 0.2) is 17.3 Å². The lowest BCUT2D eigenvalue weighted by Gasteiger charge is -2.11. The van der Waals surface area contributed by atoms with E-state index < -0.39 is 0 Å². The van der Waals surface area contributed by atoms with Crippen LogP contribution in [0.25, 0.3) is 6.08 Å². The molecule has 0 heterocycles. The van der Waals surface area contributed by atoms with Crippen LogP contribution in [0.2, 0.25) is 0 Å². The Hall–Kier alpha value is -2.55. The summed E-state index contributed by atoms with van der Waals surface area (Å²) < 4.78 is 11.2. The third-order valence-electron chi connectivity index (χ3n) is 4.22. The molecule has 1 aliphatic rings. The Morgan fingerprint density at radius 1 is 1.12 bits per heavy atom. The van der Waals surface area contributed by atoms with Gasteiger partial charge in [0.1, 0.15) is 0 Å². The highest BCUT2D eigenvalue weighted by molar-refractivity contribution is 6.15. The molecule has 3 nitrogen and oxygen atoms in total. The Balaban J connectivity index is 1.82. The highest BCUT2D eigenvalue weighted by atomic mass is 16.5. The highest BCUT2D eigenvalue weighted by Crippen LogP contribution is 2.31. The minimum absolute atomic E-state index is 0.118. The maximum atomic E-state index is 12.5. The zero-order valence-corrected chi connectivity index (χ0v) is 14.2. The minimum Gasteiger partial charge on any atom is -0.493 e. The lowest BCUT2D eigenvalue weighted by molar-refractivity contribution is 0.104. The molecule has 0 aromatic heterocycles. The molecule has 2 aromatic carbocycles. The van der Waals surface area contributed by atoms with Gasteiger partial charge in [0, 0.05) is 17.6 Å². The molecule has 0 spiro atoms. The number of hydrogen-bond donors (Lipinski definition) is 0. The molecule has 0 fully saturated rings. The first-order chi connectivity index (χ1) is 11.7. The van der Waals surface area contributed by atoms with Crippen LogP contribution < -0.4 is 9.47 Å². The van der Waals surface area contributed by atoms with Crippen LogP contribution in [0.5, 0.6) is 11.5 Å². The first kappa shape index (κ1) is 16.3. The number of Topliss-reactive ketones (excluding diaryl/α,β-unsaturated/α-hetero) is 1. The summed E-state index contributed by atoms with van der Waals surface area (Å²) in [6, 6.07) is 13.6. The average Bonchev–Trinajstić information content (AvgIpc) is 2.92. The van der Waals surface area contributed by atoms with Crippen LogP contribution in [-0.2, 0) is 6.42 Å². The van der Waals surface area contributed by atoms with Crippen molar-refractivity contribution in [3.8, 4) is 11.5 Å². The van der Waals surface area contributed by atoms with Gasteiger partial charge in [-0.05, 0) is 35.8 Å². The van der Waals surface area contributed by atoms with Crippen LogP contribution in [-0.4, -0.2) is 19.5 Å². The van der Waals surface area contributed by atoms with E-state index in [0.29, 0.717) is 18.8 Å². The van der Waals surface area contributed by atoms with Crippen molar-refractivity contribution in [2.75, 3.05) is 13.7 Å². The molecule has 124 valence electrons. The molecule has 1 aliphatic carbocycles. The summed E-state index contributed by atoms with van der Waals surface area (Å²) in [7, 11) is 1.63. The van der Waals surface area contributed by atoms with Gasteiger partial charge in [0.25, 0.3) is 0 Å². The number of methoxy groups -OCH3 is 1. The number of hydrogen-bond acceptors (Lipinski definition) is 3. The van der Waals surface area contributed by atoms with Crippen molar-refractivity contribution in [1.29, 1.82) is 0 Å². The Morgan fingerprint density at radius 2 is 1.96 bits per heavy atom. The number of ketones is 1. The largest absolute Gasteiger partial charge is 0.493 e. The molecule has 3 rings (SSSR count). The molecule has 0 saturated carbocycles. The molecule has 0 saturated heterocycles. The molecule has 24 heavy (non-hydrogen) atoms. The molecule has 0 unspecified atom stereocenters. The summed E-state index contributed by atoms with van der Waals surface area (Å²) >= 11 is 0. The number of allylic oxidation sites excluding steroid dienone is 1. The van der Waals surface area contributed by atoms with Crippen molar-refractivity contribution in [1.82, 2.24) is 0 Å². The zero-order valence-electron chi connectivity index (χ0n) is 14.2. The van der Waals surface area contributed by atoms with Gasteiger partial charge in [-0.1, -0.05) is 43.7 Å². The molecule has 0 bridgehead atoms. The van der Waals surface area contributed by atoms with Crippen LogP contribution in [0.3, 0.4) is 0 Å². The van der Waals surface area contributed by atoms with Crippen molar-refractivity contribution >= 4 is 11.9 Å². The quantitative estimate of drug-likeness (QED) is 0.571. The molecular formula is C21H22O3. The predicted octanol–water partition coefficient (Wildman–Crippen LogP) is 4.70. The number of rotatable bonds is 6. The van der Waals surface area contributed by atoms with Crippen LogP contribution in [0.1, 0.15) is 41.3 Å². The van der Waals surface area contributed by atoms with E-state index in [1.807, 2.05) is 48.5 Å². The molecule has 2 aromatic rings. The Bertz CT molecular complexity index is 774.